The minimum atomic E-state index is -0.483. The summed E-state index contributed by atoms with van der Waals surface area (Å²) in [5.74, 6) is 1.29. The summed E-state index contributed by atoms with van der Waals surface area (Å²) in [5.41, 5.74) is -0.0767. The van der Waals surface area contributed by atoms with Gasteiger partial charge in [-0.3, -0.25) is 10.1 Å². The van der Waals surface area contributed by atoms with Gasteiger partial charge in [-0.2, -0.15) is 4.98 Å². The summed E-state index contributed by atoms with van der Waals surface area (Å²) in [7, 11) is 1.69. The Morgan fingerprint density at radius 1 is 1.47 bits per heavy atom. The van der Waals surface area contributed by atoms with Crippen molar-refractivity contribution in [2.75, 3.05) is 24.2 Å². The minimum absolute atomic E-state index is 0.0767. The van der Waals surface area contributed by atoms with Gasteiger partial charge in [0.25, 0.3) is 0 Å². The fourth-order valence-electron chi connectivity index (χ4n) is 1.46. The highest BCUT2D eigenvalue weighted by molar-refractivity contribution is 5.60. The van der Waals surface area contributed by atoms with Crippen molar-refractivity contribution in [3.05, 3.63) is 34.5 Å². The number of hydrogen-bond acceptors (Lipinski definition) is 8. The molecular formula is C10H12N6O3. The minimum Gasteiger partial charge on any atom is -0.373 e. The highest BCUT2D eigenvalue weighted by atomic mass is 16.6. The van der Waals surface area contributed by atoms with E-state index in [9.17, 15) is 10.1 Å². The summed E-state index contributed by atoms with van der Waals surface area (Å²) in [6.07, 6.45) is 1.72. The number of nitrogens with one attached hydrogen (secondary N) is 2. The predicted molar refractivity (Wildman–Crippen MR) is 66.9 cm³/mol. The smallest absolute Gasteiger partial charge is 0.311 e. The molecule has 100 valence electrons. The van der Waals surface area contributed by atoms with Crippen molar-refractivity contribution in [3.63, 3.8) is 0 Å². The van der Waals surface area contributed by atoms with Crippen LogP contribution >= 0.6 is 0 Å². The van der Waals surface area contributed by atoms with Gasteiger partial charge in [0.2, 0.25) is 12.2 Å². The first-order valence-electron chi connectivity index (χ1n) is 5.53. The molecule has 0 radical (unpaired) electrons. The van der Waals surface area contributed by atoms with Crippen LogP contribution < -0.4 is 10.6 Å². The van der Waals surface area contributed by atoms with E-state index < -0.39 is 4.92 Å². The zero-order chi connectivity index (χ0) is 13.7. The molecule has 0 amide bonds. The Kier molecular flexibility index (Phi) is 3.86. The first-order chi connectivity index (χ1) is 9.20. The average molecular weight is 264 g/mol. The molecule has 0 aromatic carbocycles. The van der Waals surface area contributed by atoms with E-state index in [0.29, 0.717) is 24.6 Å². The van der Waals surface area contributed by atoms with Gasteiger partial charge in [-0.25, -0.2) is 4.98 Å². The first kappa shape index (κ1) is 12.7. The molecule has 0 bridgehead atoms. The molecule has 0 saturated heterocycles. The van der Waals surface area contributed by atoms with Crippen molar-refractivity contribution in [1.29, 1.82) is 0 Å². The van der Waals surface area contributed by atoms with Crippen molar-refractivity contribution in [2.45, 2.75) is 6.42 Å². The van der Waals surface area contributed by atoms with Crippen LogP contribution in [-0.2, 0) is 6.42 Å². The van der Waals surface area contributed by atoms with E-state index in [4.69, 9.17) is 0 Å². The van der Waals surface area contributed by atoms with Crippen molar-refractivity contribution < 1.29 is 9.45 Å². The maximum Gasteiger partial charge on any atom is 0.311 e. The summed E-state index contributed by atoms with van der Waals surface area (Å²) in [6.45, 7) is 0.417. The Bertz CT molecular complexity index is 556. The molecule has 0 fully saturated rings. The fraction of sp³-hybridized carbons (Fsp3) is 0.300. The van der Waals surface area contributed by atoms with Crippen LogP contribution in [0, 0.1) is 10.1 Å². The zero-order valence-electron chi connectivity index (χ0n) is 10.2. The standard InChI is InChI=1S/C10H12N6O3/c1-11-8-3-2-7(16(17)18)10(14-8)12-5-4-9-13-6-19-15-9/h2-3,6H,4-5H2,1H3,(H2,11,12,14). The largest absolute Gasteiger partial charge is 0.373 e. The summed E-state index contributed by atoms with van der Waals surface area (Å²) in [5, 5.41) is 20.2. The van der Waals surface area contributed by atoms with Gasteiger partial charge in [0.05, 0.1) is 4.92 Å². The molecule has 0 aliphatic carbocycles. The van der Waals surface area contributed by atoms with Crippen LogP contribution in [-0.4, -0.2) is 33.6 Å². The van der Waals surface area contributed by atoms with Crippen LogP contribution in [0.25, 0.3) is 0 Å². The molecule has 9 nitrogen and oxygen atoms in total. The number of nitrogens with zero attached hydrogens (tertiary/aromatic N) is 4. The monoisotopic (exact) mass is 264 g/mol. The lowest BCUT2D eigenvalue weighted by Crippen LogP contribution is -2.10. The zero-order valence-corrected chi connectivity index (χ0v) is 10.2. The maximum absolute atomic E-state index is 10.9. The molecule has 2 aromatic heterocycles. The van der Waals surface area contributed by atoms with E-state index in [-0.39, 0.29) is 11.5 Å². The van der Waals surface area contributed by atoms with Gasteiger partial charge in [-0.1, -0.05) is 5.16 Å². The predicted octanol–water partition coefficient (Wildman–Crippen LogP) is 1.07. The van der Waals surface area contributed by atoms with E-state index >= 15 is 0 Å². The van der Waals surface area contributed by atoms with Gasteiger partial charge in [0.1, 0.15) is 5.82 Å². The topological polar surface area (TPSA) is 119 Å². The van der Waals surface area contributed by atoms with Crippen LogP contribution in [0.4, 0.5) is 17.3 Å². The third kappa shape index (κ3) is 3.15. The average Bonchev–Trinajstić information content (AvgIpc) is 2.91. The maximum atomic E-state index is 10.9. The number of aromatic nitrogens is 3. The van der Waals surface area contributed by atoms with Crippen LogP contribution in [0.5, 0.6) is 0 Å². The second-order valence-corrected chi connectivity index (χ2v) is 3.60. The molecule has 0 saturated carbocycles. The quantitative estimate of drug-likeness (QED) is 0.587. The number of nitro groups is 1. The number of hydrogen-bond donors (Lipinski definition) is 2. The number of rotatable bonds is 6. The van der Waals surface area contributed by atoms with Crippen LogP contribution in [0.15, 0.2) is 23.0 Å². The lowest BCUT2D eigenvalue weighted by atomic mass is 10.3. The molecular weight excluding hydrogens is 252 g/mol. The Morgan fingerprint density at radius 2 is 2.32 bits per heavy atom. The normalized spacial score (nSPS) is 10.2. The van der Waals surface area contributed by atoms with E-state index in [1.165, 1.54) is 12.5 Å². The Hall–Kier alpha value is -2.71. The summed E-state index contributed by atoms with van der Waals surface area (Å²) < 4.78 is 4.59. The molecule has 0 spiro atoms. The van der Waals surface area contributed by atoms with Crippen molar-refractivity contribution in [1.82, 2.24) is 15.1 Å². The molecule has 0 aliphatic rings. The van der Waals surface area contributed by atoms with Crippen LogP contribution in [0.2, 0.25) is 0 Å². The molecule has 9 heteroatoms. The molecule has 0 aliphatic heterocycles. The van der Waals surface area contributed by atoms with E-state index in [0.717, 1.165) is 0 Å². The lowest BCUT2D eigenvalue weighted by molar-refractivity contribution is -0.384. The van der Waals surface area contributed by atoms with Gasteiger partial charge >= 0.3 is 5.69 Å². The van der Waals surface area contributed by atoms with E-state index in [1.807, 2.05) is 0 Å². The SMILES string of the molecule is CNc1ccc([N+](=O)[O-])c(NCCc2ncon2)n1. The number of pyridine rings is 1. The van der Waals surface area contributed by atoms with Gasteiger partial charge in [-0.05, 0) is 6.07 Å². The van der Waals surface area contributed by atoms with Crippen molar-refractivity contribution in [2.24, 2.45) is 0 Å². The van der Waals surface area contributed by atoms with Gasteiger partial charge in [0, 0.05) is 26.1 Å². The molecule has 0 unspecified atom stereocenters. The van der Waals surface area contributed by atoms with Gasteiger partial charge in [-0.15, -0.1) is 0 Å². The highest BCUT2D eigenvalue weighted by Crippen LogP contribution is 2.23. The first-order valence-corrected chi connectivity index (χ1v) is 5.53. The summed E-state index contributed by atoms with van der Waals surface area (Å²) in [6, 6.07) is 2.94. The molecule has 2 heterocycles. The van der Waals surface area contributed by atoms with Gasteiger partial charge < -0.3 is 15.2 Å². The number of anilines is 2. The fourth-order valence-corrected chi connectivity index (χ4v) is 1.46. The lowest BCUT2D eigenvalue weighted by Gasteiger charge is -2.06. The van der Waals surface area contributed by atoms with E-state index in [2.05, 4.69) is 30.3 Å². The van der Waals surface area contributed by atoms with Gasteiger partial charge in [0.15, 0.2) is 5.82 Å². The molecule has 19 heavy (non-hydrogen) atoms. The Balaban J connectivity index is 2.06. The molecule has 2 rings (SSSR count). The van der Waals surface area contributed by atoms with E-state index in [1.54, 1.807) is 13.1 Å². The van der Waals surface area contributed by atoms with Crippen LogP contribution in [0.1, 0.15) is 5.82 Å². The second kappa shape index (κ2) is 5.76. The summed E-state index contributed by atoms with van der Waals surface area (Å²) >= 11 is 0. The third-order valence-electron chi connectivity index (χ3n) is 2.37. The van der Waals surface area contributed by atoms with Crippen LogP contribution in [0.3, 0.4) is 0 Å². The Morgan fingerprint density at radius 3 is 2.95 bits per heavy atom. The Labute approximate surface area is 108 Å². The van der Waals surface area contributed by atoms with Crippen molar-refractivity contribution in [3.8, 4) is 0 Å². The molecule has 0 atom stereocenters. The molecule has 2 N–H and O–H groups in total. The highest BCUT2D eigenvalue weighted by Gasteiger charge is 2.15. The summed E-state index contributed by atoms with van der Waals surface area (Å²) in [4.78, 5) is 18.4. The van der Waals surface area contributed by atoms with Crippen molar-refractivity contribution >= 4 is 17.3 Å². The second-order valence-electron chi connectivity index (χ2n) is 3.60. The third-order valence-corrected chi connectivity index (χ3v) is 2.37. The molecule has 2 aromatic rings.